The van der Waals surface area contributed by atoms with E-state index in [1.54, 1.807) is 18.2 Å². The lowest BCUT2D eigenvalue weighted by Crippen LogP contribution is -2.26. The number of aliphatic imine (C=N–C) groups is 1. The third kappa shape index (κ3) is 1.03. The van der Waals surface area contributed by atoms with Crippen LogP contribution in [0.3, 0.4) is 0 Å². The second-order valence-electron chi connectivity index (χ2n) is 3.87. The number of nitrogens with zero attached hydrogens (tertiary/aromatic N) is 1. The fraction of sp³-hybridized carbons (Fsp3) is 0.273. The van der Waals surface area contributed by atoms with E-state index in [0.29, 0.717) is 22.8 Å². The first kappa shape index (κ1) is 9.58. The average molecular weight is 236 g/mol. The largest absolute Gasteiger partial charge is 0.476 e. The second-order valence-corrected chi connectivity index (χ2v) is 4.28. The highest BCUT2D eigenvalue weighted by molar-refractivity contribution is 6.35. The first-order valence-electron chi connectivity index (χ1n) is 4.78. The Morgan fingerprint density at radius 3 is 3.06 bits per heavy atom. The van der Waals surface area contributed by atoms with Crippen molar-refractivity contribution in [1.29, 1.82) is 0 Å². The van der Waals surface area contributed by atoms with Crippen molar-refractivity contribution in [2.75, 3.05) is 0 Å². The molecule has 4 nitrogen and oxygen atoms in total. The van der Waals surface area contributed by atoms with E-state index in [4.69, 9.17) is 16.3 Å². The van der Waals surface area contributed by atoms with Crippen LogP contribution in [0.15, 0.2) is 23.2 Å². The Morgan fingerprint density at radius 2 is 2.38 bits per heavy atom. The van der Waals surface area contributed by atoms with Gasteiger partial charge in [-0.25, -0.2) is 4.79 Å². The van der Waals surface area contributed by atoms with Crippen LogP contribution < -0.4 is 4.74 Å². The molecule has 1 fully saturated rings. The van der Waals surface area contributed by atoms with Gasteiger partial charge in [0.2, 0.25) is 11.9 Å². The summed E-state index contributed by atoms with van der Waals surface area (Å²) in [5, 5.41) is 0.375. The number of fused-ring (bicyclic) bond motifs is 1. The van der Waals surface area contributed by atoms with Crippen LogP contribution in [0.4, 0.5) is 0 Å². The zero-order chi connectivity index (χ0) is 11.3. The van der Waals surface area contributed by atoms with Crippen LogP contribution in [0, 0.1) is 0 Å². The number of isocyanates is 1. The average Bonchev–Trinajstić information content (AvgIpc) is 2.84. The summed E-state index contributed by atoms with van der Waals surface area (Å²) in [6.07, 6.45) is 1.88. The van der Waals surface area contributed by atoms with Gasteiger partial charge in [0.15, 0.2) is 5.60 Å². The van der Waals surface area contributed by atoms with E-state index in [9.17, 15) is 9.59 Å². The van der Waals surface area contributed by atoms with Gasteiger partial charge in [-0.2, -0.15) is 4.99 Å². The minimum Gasteiger partial charge on any atom is -0.476 e. The first-order chi connectivity index (χ1) is 7.69. The molecule has 2 unspecified atom stereocenters. The SMILES string of the molecule is O=C=NC1CC12Oc1cccc(Cl)c1C2=O. The molecule has 1 aromatic rings. The van der Waals surface area contributed by atoms with Gasteiger partial charge < -0.3 is 4.74 Å². The highest BCUT2D eigenvalue weighted by atomic mass is 35.5. The molecule has 16 heavy (non-hydrogen) atoms. The minimum absolute atomic E-state index is 0.183. The molecule has 80 valence electrons. The van der Waals surface area contributed by atoms with Gasteiger partial charge in [-0.05, 0) is 12.1 Å². The predicted molar refractivity (Wildman–Crippen MR) is 55.7 cm³/mol. The predicted octanol–water partition coefficient (Wildman–Crippen LogP) is 1.76. The van der Waals surface area contributed by atoms with E-state index < -0.39 is 11.6 Å². The van der Waals surface area contributed by atoms with Gasteiger partial charge in [-0.3, -0.25) is 4.79 Å². The third-order valence-corrected chi connectivity index (χ3v) is 3.28. The summed E-state index contributed by atoms with van der Waals surface area (Å²) in [6.45, 7) is 0. The summed E-state index contributed by atoms with van der Waals surface area (Å²) in [6, 6.07) is 4.63. The molecule has 0 saturated heterocycles. The highest BCUT2D eigenvalue weighted by Crippen LogP contribution is 2.52. The Morgan fingerprint density at radius 1 is 1.56 bits per heavy atom. The number of rotatable bonds is 1. The van der Waals surface area contributed by atoms with Crippen molar-refractivity contribution in [3.05, 3.63) is 28.8 Å². The van der Waals surface area contributed by atoms with Gasteiger partial charge >= 0.3 is 0 Å². The number of ketones is 1. The number of benzene rings is 1. The third-order valence-electron chi connectivity index (χ3n) is 2.96. The molecule has 3 rings (SSSR count). The maximum atomic E-state index is 12.1. The van der Waals surface area contributed by atoms with Crippen LogP contribution in [0.5, 0.6) is 5.75 Å². The van der Waals surface area contributed by atoms with Crippen LogP contribution in [0.2, 0.25) is 5.02 Å². The van der Waals surface area contributed by atoms with Gasteiger partial charge in [0.1, 0.15) is 11.8 Å². The number of carbonyl (C=O) groups excluding carboxylic acids is 2. The number of halogens is 1. The Hall–Kier alpha value is -1.64. The molecule has 0 amide bonds. The lowest BCUT2D eigenvalue weighted by molar-refractivity contribution is 0.0812. The smallest absolute Gasteiger partial charge is 0.235 e. The lowest BCUT2D eigenvalue weighted by atomic mass is 10.1. The fourth-order valence-electron chi connectivity index (χ4n) is 2.06. The number of hydrogen-bond acceptors (Lipinski definition) is 4. The van der Waals surface area contributed by atoms with E-state index >= 15 is 0 Å². The molecule has 5 heteroatoms. The van der Waals surface area contributed by atoms with Crippen LogP contribution in [0.25, 0.3) is 0 Å². The summed E-state index contributed by atoms with van der Waals surface area (Å²) in [7, 11) is 0. The quantitative estimate of drug-likeness (QED) is 0.551. The molecule has 0 bridgehead atoms. The minimum atomic E-state index is -0.981. The molecule has 1 saturated carbocycles. The maximum absolute atomic E-state index is 12.1. The number of Topliss-reactive ketones (excluding diaryl/α,β-unsaturated/α-hetero) is 1. The molecular weight excluding hydrogens is 230 g/mol. The first-order valence-corrected chi connectivity index (χ1v) is 5.16. The topological polar surface area (TPSA) is 55.7 Å². The van der Waals surface area contributed by atoms with Crippen molar-refractivity contribution in [3.8, 4) is 5.75 Å². The van der Waals surface area contributed by atoms with Crippen molar-refractivity contribution in [3.63, 3.8) is 0 Å². The monoisotopic (exact) mass is 235 g/mol. The van der Waals surface area contributed by atoms with Gasteiger partial charge in [-0.15, -0.1) is 0 Å². The van der Waals surface area contributed by atoms with Crippen molar-refractivity contribution in [1.82, 2.24) is 0 Å². The Balaban J connectivity index is 2.06. The van der Waals surface area contributed by atoms with Gasteiger partial charge in [0.25, 0.3) is 0 Å². The molecular formula is C11H6ClNO3. The van der Waals surface area contributed by atoms with Gasteiger partial charge in [-0.1, -0.05) is 17.7 Å². The summed E-state index contributed by atoms with van der Waals surface area (Å²) in [5.41, 5.74) is -0.585. The van der Waals surface area contributed by atoms with Crippen molar-refractivity contribution < 1.29 is 14.3 Å². The fourth-order valence-corrected chi connectivity index (χ4v) is 2.31. The summed E-state index contributed by atoms with van der Waals surface area (Å²) in [5.74, 6) is 0.290. The van der Waals surface area contributed by atoms with E-state index in [0.717, 1.165) is 0 Å². The molecule has 2 atom stereocenters. The van der Waals surface area contributed by atoms with E-state index in [2.05, 4.69) is 4.99 Å². The number of hydrogen-bond donors (Lipinski definition) is 0. The standard InChI is InChI=1S/C11H6ClNO3/c12-6-2-1-3-7-9(6)10(15)11(16-7)4-8(11)13-5-14/h1-3,8H,4H2. The summed E-state index contributed by atoms with van der Waals surface area (Å²) < 4.78 is 5.56. The Labute approximate surface area is 95.9 Å². The van der Waals surface area contributed by atoms with E-state index in [1.165, 1.54) is 6.08 Å². The van der Waals surface area contributed by atoms with Gasteiger partial charge in [0, 0.05) is 6.42 Å². The van der Waals surface area contributed by atoms with Crippen LogP contribution >= 0.6 is 11.6 Å². The highest BCUT2D eigenvalue weighted by Gasteiger charge is 2.67. The molecule has 2 aliphatic rings. The van der Waals surface area contributed by atoms with Crippen LogP contribution in [0.1, 0.15) is 16.8 Å². The van der Waals surface area contributed by atoms with Crippen molar-refractivity contribution >= 4 is 23.5 Å². The maximum Gasteiger partial charge on any atom is 0.235 e. The molecule has 0 radical (unpaired) electrons. The lowest BCUT2D eigenvalue weighted by Gasteiger charge is -2.04. The summed E-state index contributed by atoms with van der Waals surface area (Å²) >= 11 is 5.94. The van der Waals surface area contributed by atoms with Crippen LogP contribution in [-0.4, -0.2) is 23.5 Å². The van der Waals surface area contributed by atoms with E-state index in [1.807, 2.05) is 0 Å². The molecule has 1 heterocycles. The number of ether oxygens (including phenoxy) is 1. The zero-order valence-electron chi connectivity index (χ0n) is 8.07. The van der Waals surface area contributed by atoms with E-state index in [-0.39, 0.29) is 5.78 Å². The Kier molecular flexibility index (Phi) is 1.76. The zero-order valence-corrected chi connectivity index (χ0v) is 8.82. The van der Waals surface area contributed by atoms with Gasteiger partial charge in [0.05, 0.1) is 10.6 Å². The molecule has 1 aliphatic carbocycles. The normalized spacial score (nSPS) is 29.6. The molecule has 1 spiro atoms. The molecule has 1 aliphatic heterocycles. The molecule has 1 aromatic carbocycles. The molecule has 0 N–H and O–H groups in total. The van der Waals surface area contributed by atoms with Crippen molar-refractivity contribution in [2.45, 2.75) is 18.1 Å². The second kappa shape index (κ2) is 2.94. The summed E-state index contributed by atoms with van der Waals surface area (Å²) in [4.78, 5) is 25.8. The van der Waals surface area contributed by atoms with Crippen LogP contribution in [-0.2, 0) is 4.79 Å². The number of carbonyl (C=O) groups is 1. The van der Waals surface area contributed by atoms with Crippen molar-refractivity contribution in [2.24, 2.45) is 4.99 Å². The molecule has 0 aromatic heterocycles. The Bertz CT molecular complexity index is 550.